The van der Waals surface area contributed by atoms with E-state index in [0.29, 0.717) is 0 Å². The highest BCUT2D eigenvalue weighted by Crippen LogP contribution is 2.10. The van der Waals surface area contributed by atoms with Gasteiger partial charge in [0.15, 0.2) is 3.83 Å². The number of pyridine rings is 1. The number of rotatable bonds is 1. The molecule has 2 rings (SSSR count). The molecule has 0 atom stereocenters. The van der Waals surface area contributed by atoms with Crippen molar-refractivity contribution in [2.45, 2.75) is 0 Å². The van der Waals surface area contributed by atoms with Crippen molar-refractivity contribution in [3.05, 3.63) is 40.8 Å². The van der Waals surface area contributed by atoms with Gasteiger partial charge in [-0.1, -0.05) is 0 Å². The summed E-state index contributed by atoms with van der Waals surface area (Å²) < 4.78 is 2.96. The molecule has 60 valence electrons. The Bertz CT molecular complexity index is 369. The van der Waals surface area contributed by atoms with Gasteiger partial charge in [-0.3, -0.25) is 9.55 Å². The van der Waals surface area contributed by atoms with Gasteiger partial charge < -0.3 is 0 Å². The molecule has 2 heterocycles. The highest BCUT2D eigenvalue weighted by Gasteiger charge is 1.98. The SMILES string of the molecule is Ic1nccn1-c1ccncc1. The molecule has 0 saturated carbocycles. The second-order valence-corrected chi connectivity index (χ2v) is 3.24. The first-order valence-corrected chi connectivity index (χ1v) is 4.55. The van der Waals surface area contributed by atoms with Crippen LogP contribution in [0.3, 0.4) is 0 Å². The third-order valence-corrected chi connectivity index (χ3v) is 2.33. The Morgan fingerprint density at radius 1 is 1.17 bits per heavy atom. The van der Waals surface area contributed by atoms with Crippen molar-refractivity contribution in [1.82, 2.24) is 14.5 Å². The summed E-state index contributed by atoms with van der Waals surface area (Å²) in [5, 5.41) is 0. The van der Waals surface area contributed by atoms with Gasteiger partial charge >= 0.3 is 0 Å². The lowest BCUT2D eigenvalue weighted by Crippen LogP contribution is -1.94. The zero-order valence-corrected chi connectivity index (χ0v) is 8.34. The third kappa shape index (κ3) is 1.34. The van der Waals surface area contributed by atoms with Crippen LogP contribution in [0, 0.1) is 3.83 Å². The molecular weight excluding hydrogens is 265 g/mol. The van der Waals surface area contributed by atoms with E-state index in [9.17, 15) is 0 Å². The molecule has 0 amide bonds. The minimum absolute atomic E-state index is 0.957. The predicted octanol–water partition coefficient (Wildman–Crippen LogP) is 1.87. The van der Waals surface area contributed by atoms with Gasteiger partial charge in [-0.15, -0.1) is 0 Å². The smallest absolute Gasteiger partial charge is 0.175 e. The summed E-state index contributed by atoms with van der Waals surface area (Å²) in [5.74, 6) is 0. The largest absolute Gasteiger partial charge is 0.295 e. The maximum Gasteiger partial charge on any atom is 0.175 e. The molecule has 2 aromatic heterocycles. The maximum atomic E-state index is 4.12. The highest BCUT2D eigenvalue weighted by molar-refractivity contribution is 14.1. The molecule has 0 aromatic carbocycles. The van der Waals surface area contributed by atoms with Gasteiger partial charge in [0, 0.05) is 47.4 Å². The van der Waals surface area contributed by atoms with Crippen LogP contribution < -0.4 is 0 Å². The summed E-state index contributed by atoms with van der Waals surface area (Å²) in [4.78, 5) is 8.07. The van der Waals surface area contributed by atoms with Gasteiger partial charge in [0.05, 0.1) is 5.69 Å². The second kappa shape index (κ2) is 3.22. The standard InChI is InChI=1S/C8H6IN3/c9-8-11-5-6-12(8)7-1-3-10-4-2-7/h1-6H. The summed E-state index contributed by atoms with van der Waals surface area (Å²) in [5.41, 5.74) is 1.09. The monoisotopic (exact) mass is 271 g/mol. The molecule has 0 radical (unpaired) electrons. The summed E-state index contributed by atoms with van der Waals surface area (Å²) in [6.45, 7) is 0. The van der Waals surface area contributed by atoms with Crippen molar-refractivity contribution in [1.29, 1.82) is 0 Å². The molecule has 0 saturated heterocycles. The fourth-order valence-electron chi connectivity index (χ4n) is 0.982. The van der Waals surface area contributed by atoms with Crippen molar-refractivity contribution in [3.8, 4) is 5.69 Å². The Kier molecular flexibility index (Phi) is 2.07. The average Bonchev–Trinajstić information content (AvgIpc) is 2.53. The Balaban J connectivity index is 2.51. The number of imidazole rings is 1. The van der Waals surface area contributed by atoms with Crippen molar-refractivity contribution in [2.24, 2.45) is 0 Å². The lowest BCUT2D eigenvalue weighted by Gasteiger charge is -2.01. The third-order valence-electron chi connectivity index (χ3n) is 1.54. The molecule has 0 fully saturated rings. The van der Waals surface area contributed by atoms with Crippen LogP contribution in [0.4, 0.5) is 0 Å². The van der Waals surface area contributed by atoms with Crippen LogP contribution in [0.15, 0.2) is 36.9 Å². The molecular formula is C8H6IN3. The van der Waals surface area contributed by atoms with Crippen LogP contribution in [0.2, 0.25) is 0 Å². The Labute approximate surface area is 83.6 Å². The lowest BCUT2D eigenvalue weighted by molar-refractivity contribution is 1.00. The first-order chi connectivity index (χ1) is 5.88. The minimum Gasteiger partial charge on any atom is -0.295 e. The fourth-order valence-corrected chi connectivity index (χ4v) is 1.58. The van der Waals surface area contributed by atoms with E-state index in [2.05, 4.69) is 32.6 Å². The molecule has 2 aromatic rings. The van der Waals surface area contributed by atoms with E-state index in [0.717, 1.165) is 9.52 Å². The summed E-state index contributed by atoms with van der Waals surface area (Å²) in [6.07, 6.45) is 7.25. The number of hydrogen-bond donors (Lipinski definition) is 0. The van der Waals surface area contributed by atoms with Crippen molar-refractivity contribution in [3.63, 3.8) is 0 Å². The topological polar surface area (TPSA) is 30.7 Å². The highest BCUT2D eigenvalue weighted by atomic mass is 127. The van der Waals surface area contributed by atoms with Crippen molar-refractivity contribution < 1.29 is 0 Å². The van der Waals surface area contributed by atoms with E-state index in [4.69, 9.17) is 0 Å². The quantitative estimate of drug-likeness (QED) is 0.741. The van der Waals surface area contributed by atoms with Crippen LogP contribution >= 0.6 is 22.6 Å². The Morgan fingerprint density at radius 3 is 2.50 bits per heavy atom. The second-order valence-electron chi connectivity index (χ2n) is 2.27. The molecule has 0 spiro atoms. The van der Waals surface area contributed by atoms with Crippen LogP contribution in [-0.4, -0.2) is 14.5 Å². The van der Waals surface area contributed by atoms with Gasteiger partial charge in [-0.2, -0.15) is 0 Å². The van der Waals surface area contributed by atoms with Gasteiger partial charge in [0.1, 0.15) is 0 Å². The van der Waals surface area contributed by atoms with E-state index in [1.54, 1.807) is 18.6 Å². The molecule has 0 aliphatic rings. The van der Waals surface area contributed by atoms with Crippen molar-refractivity contribution >= 4 is 22.6 Å². The van der Waals surface area contributed by atoms with Crippen LogP contribution in [0.25, 0.3) is 5.69 Å². The average molecular weight is 271 g/mol. The number of hydrogen-bond acceptors (Lipinski definition) is 2. The van der Waals surface area contributed by atoms with E-state index in [-0.39, 0.29) is 0 Å². The molecule has 0 aliphatic carbocycles. The van der Waals surface area contributed by atoms with Gasteiger partial charge in [0.2, 0.25) is 0 Å². The molecule has 0 bridgehead atoms. The molecule has 0 aliphatic heterocycles. The molecule has 3 nitrogen and oxygen atoms in total. The van der Waals surface area contributed by atoms with Gasteiger partial charge in [-0.25, -0.2) is 4.98 Å². The van der Waals surface area contributed by atoms with E-state index < -0.39 is 0 Å². The number of aromatic nitrogens is 3. The normalized spacial score (nSPS) is 10.1. The maximum absolute atomic E-state index is 4.12. The van der Waals surface area contributed by atoms with Crippen LogP contribution in [0.5, 0.6) is 0 Å². The zero-order chi connectivity index (χ0) is 8.39. The van der Waals surface area contributed by atoms with Crippen molar-refractivity contribution in [2.75, 3.05) is 0 Å². The van der Waals surface area contributed by atoms with Gasteiger partial charge in [0.25, 0.3) is 0 Å². The molecule has 0 N–H and O–H groups in total. The van der Waals surface area contributed by atoms with E-state index >= 15 is 0 Å². The lowest BCUT2D eigenvalue weighted by atomic mass is 10.4. The number of nitrogens with zero attached hydrogens (tertiary/aromatic N) is 3. The minimum atomic E-state index is 0.957. The van der Waals surface area contributed by atoms with Gasteiger partial charge in [-0.05, 0) is 12.1 Å². The first-order valence-electron chi connectivity index (χ1n) is 3.47. The first kappa shape index (κ1) is 7.72. The Hall–Kier alpha value is -0.910. The summed E-state index contributed by atoms with van der Waals surface area (Å²) in [6, 6.07) is 3.90. The fraction of sp³-hybridized carbons (Fsp3) is 0. The molecule has 0 unspecified atom stereocenters. The van der Waals surface area contributed by atoms with Crippen LogP contribution in [-0.2, 0) is 0 Å². The zero-order valence-electron chi connectivity index (χ0n) is 6.18. The van der Waals surface area contributed by atoms with E-state index in [1.807, 2.05) is 22.9 Å². The Morgan fingerprint density at radius 2 is 1.92 bits per heavy atom. The van der Waals surface area contributed by atoms with E-state index in [1.165, 1.54) is 0 Å². The predicted molar refractivity (Wildman–Crippen MR) is 54.1 cm³/mol. The number of halogens is 1. The molecule has 12 heavy (non-hydrogen) atoms. The molecule has 4 heteroatoms. The summed E-state index contributed by atoms with van der Waals surface area (Å²) in [7, 11) is 0. The van der Waals surface area contributed by atoms with Crippen LogP contribution in [0.1, 0.15) is 0 Å². The summed E-state index contributed by atoms with van der Waals surface area (Å²) >= 11 is 2.19.